The molecule has 1 aliphatic carbocycles. The largest absolute Gasteiger partial charge is 0.119 e. The molecule has 52 valence electrons. The molecular weight excluding hydrogens is 132 g/mol. The second-order valence-electron chi connectivity index (χ2n) is 3.18. The second-order valence-corrected chi connectivity index (χ2v) is 4.09. The van der Waals surface area contributed by atoms with Crippen molar-refractivity contribution in [1.82, 2.24) is 0 Å². The van der Waals surface area contributed by atoms with Gasteiger partial charge in [0.2, 0.25) is 0 Å². The van der Waals surface area contributed by atoms with E-state index in [4.69, 9.17) is 11.6 Å². The van der Waals surface area contributed by atoms with Crippen molar-refractivity contribution >= 4 is 11.6 Å². The second kappa shape index (κ2) is 2.34. The Kier molecular flexibility index (Phi) is 1.85. The van der Waals surface area contributed by atoms with Crippen molar-refractivity contribution < 1.29 is 0 Å². The summed E-state index contributed by atoms with van der Waals surface area (Å²) in [6.45, 7) is 4.27. The standard InChI is InChI=1S/C8H13Cl/c1-7-4-3-5-8(2,9)6-7/h4H,3,5-6H2,1-2H3. The topological polar surface area (TPSA) is 0 Å². The molecule has 0 spiro atoms. The van der Waals surface area contributed by atoms with Crippen LogP contribution in [-0.4, -0.2) is 4.87 Å². The Morgan fingerprint density at radius 3 is 2.67 bits per heavy atom. The van der Waals surface area contributed by atoms with Crippen molar-refractivity contribution in [1.29, 1.82) is 0 Å². The monoisotopic (exact) mass is 144 g/mol. The van der Waals surface area contributed by atoms with Gasteiger partial charge in [0.05, 0.1) is 0 Å². The summed E-state index contributed by atoms with van der Waals surface area (Å²) < 4.78 is 0. The molecule has 0 amide bonds. The summed E-state index contributed by atoms with van der Waals surface area (Å²) in [5.41, 5.74) is 1.44. The van der Waals surface area contributed by atoms with Crippen LogP contribution in [0.1, 0.15) is 33.1 Å². The van der Waals surface area contributed by atoms with Gasteiger partial charge in [-0.2, -0.15) is 0 Å². The number of allylic oxidation sites excluding steroid dienone is 2. The molecule has 0 aromatic rings. The summed E-state index contributed by atoms with van der Waals surface area (Å²) >= 11 is 6.13. The number of rotatable bonds is 0. The molecule has 0 radical (unpaired) electrons. The van der Waals surface area contributed by atoms with Crippen LogP contribution in [0.5, 0.6) is 0 Å². The van der Waals surface area contributed by atoms with E-state index in [1.165, 1.54) is 5.57 Å². The lowest BCUT2D eigenvalue weighted by atomic mass is 9.90. The van der Waals surface area contributed by atoms with Gasteiger partial charge in [-0.25, -0.2) is 0 Å². The maximum absolute atomic E-state index is 6.13. The van der Waals surface area contributed by atoms with Crippen LogP contribution in [-0.2, 0) is 0 Å². The van der Waals surface area contributed by atoms with Gasteiger partial charge < -0.3 is 0 Å². The average molecular weight is 145 g/mol. The Labute approximate surface area is 61.9 Å². The molecule has 9 heavy (non-hydrogen) atoms. The highest BCUT2D eigenvalue weighted by atomic mass is 35.5. The molecule has 0 saturated heterocycles. The first-order valence-electron chi connectivity index (χ1n) is 3.45. The van der Waals surface area contributed by atoms with Crippen LogP contribution in [0.15, 0.2) is 11.6 Å². The Morgan fingerprint density at radius 1 is 1.67 bits per heavy atom. The predicted octanol–water partition coefficient (Wildman–Crippen LogP) is 3.11. The van der Waals surface area contributed by atoms with E-state index >= 15 is 0 Å². The third-order valence-electron chi connectivity index (χ3n) is 1.81. The lowest BCUT2D eigenvalue weighted by Crippen LogP contribution is -2.18. The smallest absolute Gasteiger partial charge is 0.0458 e. The zero-order chi connectivity index (χ0) is 6.91. The van der Waals surface area contributed by atoms with Gasteiger partial charge in [0.1, 0.15) is 0 Å². The minimum absolute atomic E-state index is 0.0544. The Balaban J connectivity index is 2.59. The van der Waals surface area contributed by atoms with Crippen molar-refractivity contribution in [3.8, 4) is 0 Å². The molecule has 1 aliphatic rings. The molecule has 0 aromatic carbocycles. The number of hydrogen-bond acceptors (Lipinski definition) is 0. The summed E-state index contributed by atoms with van der Waals surface area (Å²) in [6, 6.07) is 0. The van der Waals surface area contributed by atoms with Crippen LogP contribution in [0.2, 0.25) is 0 Å². The van der Waals surface area contributed by atoms with Gasteiger partial charge in [0.15, 0.2) is 0 Å². The molecule has 0 aromatic heterocycles. The normalized spacial score (nSPS) is 36.1. The number of halogens is 1. The van der Waals surface area contributed by atoms with Crippen molar-refractivity contribution in [3.63, 3.8) is 0 Å². The molecule has 0 aliphatic heterocycles. The zero-order valence-electron chi connectivity index (χ0n) is 6.08. The first-order chi connectivity index (χ1) is 4.10. The van der Waals surface area contributed by atoms with Crippen molar-refractivity contribution in [2.75, 3.05) is 0 Å². The first kappa shape index (κ1) is 7.14. The van der Waals surface area contributed by atoms with Crippen molar-refractivity contribution in [3.05, 3.63) is 11.6 Å². The maximum Gasteiger partial charge on any atom is 0.0458 e. The fourth-order valence-electron chi connectivity index (χ4n) is 1.36. The number of hydrogen-bond donors (Lipinski definition) is 0. The van der Waals surface area contributed by atoms with E-state index < -0.39 is 0 Å². The molecule has 0 heterocycles. The summed E-state index contributed by atoms with van der Waals surface area (Å²) in [5, 5.41) is 0. The first-order valence-corrected chi connectivity index (χ1v) is 3.82. The minimum atomic E-state index is 0.0544. The van der Waals surface area contributed by atoms with E-state index in [1.807, 2.05) is 0 Å². The van der Waals surface area contributed by atoms with Gasteiger partial charge in [-0.05, 0) is 33.1 Å². The third-order valence-corrected chi connectivity index (χ3v) is 2.13. The summed E-state index contributed by atoms with van der Waals surface area (Å²) in [7, 11) is 0. The molecule has 1 atom stereocenters. The van der Waals surface area contributed by atoms with Crippen LogP contribution >= 0.6 is 11.6 Å². The van der Waals surface area contributed by atoms with Crippen LogP contribution in [0.3, 0.4) is 0 Å². The third kappa shape index (κ3) is 2.02. The molecule has 0 fully saturated rings. The van der Waals surface area contributed by atoms with E-state index in [-0.39, 0.29) is 4.87 Å². The molecular formula is C8H13Cl. The Morgan fingerprint density at radius 2 is 2.33 bits per heavy atom. The van der Waals surface area contributed by atoms with E-state index in [2.05, 4.69) is 19.9 Å². The van der Waals surface area contributed by atoms with Gasteiger partial charge >= 0.3 is 0 Å². The Hall–Kier alpha value is 0.0300. The maximum atomic E-state index is 6.13. The fraction of sp³-hybridized carbons (Fsp3) is 0.750. The van der Waals surface area contributed by atoms with Gasteiger partial charge in [-0.3, -0.25) is 0 Å². The Bertz CT molecular complexity index is 134. The summed E-state index contributed by atoms with van der Waals surface area (Å²) in [4.78, 5) is 0.0544. The van der Waals surface area contributed by atoms with Gasteiger partial charge in [-0.15, -0.1) is 11.6 Å². The van der Waals surface area contributed by atoms with E-state index in [1.54, 1.807) is 0 Å². The molecule has 0 N–H and O–H groups in total. The van der Waals surface area contributed by atoms with Gasteiger partial charge in [0.25, 0.3) is 0 Å². The van der Waals surface area contributed by atoms with Gasteiger partial charge in [0, 0.05) is 4.87 Å². The summed E-state index contributed by atoms with van der Waals surface area (Å²) in [5.74, 6) is 0. The van der Waals surface area contributed by atoms with Crippen molar-refractivity contribution in [2.45, 2.75) is 38.0 Å². The highest BCUT2D eigenvalue weighted by Gasteiger charge is 2.22. The SMILES string of the molecule is CC1=CCCC(C)(Cl)C1. The molecule has 0 saturated carbocycles. The van der Waals surface area contributed by atoms with Crippen molar-refractivity contribution in [2.24, 2.45) is 0 Å². The molecule has 1 unspecified atom stereocenters. The van der Waals surface area contributed by atoms with Crippen LogP contribution < -0.4 is 0 Å². The molecule has 0 nitrogen and oxygen atoms in total. The molecule has 1 heteroatoms. The highest BCUT2D eigenvalue weighted by molar-refractivity contribution is 6.23. The van der Waals surface area contributed by atoms with E-state index in [9.17, 15) is 0 Å². The van der Waals surface area contributed by atoms with Crippen LogP contribution in [0, 0.1) is 0 Å². The quantitative estimate of drug-likeness (QED) is 0.362. The molecule has 1 rings (SSSR count). The minimum Gasteiger partial charge on any atom is -0.119 e. The molecule has 0 bridgehead atoms. The lowest BCUT2D eigenvalue weighted by Gasteiger charge is -2.25. The van der Waals surface area contributed by atoms with Crippen LogP contribution in [0.4, 0.5) is 0 Å². The summed E-state index contributed by atoms with van der Waals surface area (Å²) in [6.07, 6.45) is 5.64. The predicted molar refractivity (Wildman–Crippen MR) is 41.9 cm³/mol. The van der Waals surface area contributed by atoms with E-state index in [0.29, 0.717) is 0 Å². The van der Waals surface area contributed by atoms with Crippen LogP contribution in [0.25, 0.3) is 0 Å². The fourth-order valence-corrected chi connectivity index (χ4v) is 1.68. The average Bonchev–Trinajstić information content (AvgIpc) is 1.60. The number of alkyl halides is 1. The zero-order valence-corrected chi connectivity index (χ0v) is 6.83. The van der Waals surface area contributed by atoms with E-state index in [0.717, 1.165) is 19.3 Å². The highest BCUT2D eigenvalue weighted by Crippen LogP contribution is 2.32. The van der Waals surface area contributed by atoms with Gasteiger partial charge in [-0.1, -0.05) is 11.6 Å². The lowest BCUT2D eigenvalue weighted by molar-refractivity contribution is 0.549.